The Hall–Kier alpha value is -2.20. The van der Waals surface area contributed by atoms with Crippen LogP contribution in [-0.2, 0) is 14.8 Å². The van der Waals surface area contributed by atoms with Gasteiger partial charge in [0.2, 0.25) is 0 Å². The maximum absolute atomic E-state index is 12.5. The van der Waals surface area contributed by atoms with Crippen molar-refractivity contribution in [3.05, 3.63) is 52.9 Å². The van der Waals surface area contributed by atoms with Crippen LogP contribution in [0.1, 0.15) is 0 Å². The third-order valence-electron chi connectivity index (χ3n) is 4.21. The molecule has 7 nitrogen and oxygen atoms in total. The molecular weight excluding hydrogens is 420 g/mol. The molecule has 28 heavy (non-hydrogen) atoms. The molecule has 0 radical (unpaired) electrons. The molecule has 0 amide bonds. The van der Waals surface area contributed by atoms with Crippen molar-refractivity contribution in [2.24, 2.45) is 0 Å². The van der Waals surface area contributed by atoms with Crippen LogP contribution in [0.15, 0.2) is 52.7 Å². The van der Waals surface area contributed by atoms with Crippen LogP contribution in [0, 0.1) is 0 Å². The fourth-order valence-corrected chi connectivity index (χ4v) is 5.36. The van der Waals surface area contributed by atoms with Crippen molar-refractivity contribution < 1.29 is 13.2 Å². The van der Waals surface area contributed by atoms with E-state index in [2.05, 4.69) is 19.8 Å². The van der Waals surface area contributed by atoms with Gasteiger partial charge in [-0.05, 0) is 36.4 Å². The van der Waals surface area contributed by atoms with Crippen LogP contribution >= 0.6 is 22.9 Å². The Labute approximate surface area is 172 Å². The predicted molar refractivity (Wildman–Crippen MR) is 111 cm³/mol. The minimum atomic E-state index is -3.68. The number of hydrogen-bond acceptors (Lipinski definition) is 7. The zero-order valence-corrected chi connectivity index (χ0v) is 17.1. The summed E-state index contributed by atoms with van der Waals surface area (Å²) in [6.07, 6.45) is 0. The first kappa shape index (κ1) is 19.1. The van der Waals surface area contributed by atoms with E-state index in [-0.39, 0.29) is 4.21 Å². The van der Waals surface area contributed by atoms with Crippen molar-refractivity contribution in [2.75, 3.05) is 35.9 Å². The SMILES string of the molecule is O=S(=O)(Nc1cccc(-c2ccc(N3CCOCC3)nn2)c1)c1ccc(Cl)s1. The summed E-state index contributed by atoms with van der Waals surface area (Å²) in [5.74, 6) is 0.804. The maximum Gasteiger partial charge on any atom is 0.271 e. The highest BCUT2D eigenvalue weighted by atomic mass is 35.5. The molecule has 0 aliphatic carbocycles. The molecule has 1 aromatic carbocycles. The quantitative estimate of drug-likeness (QED) is 0.659. The molecule has 0 saturated carbocycles. The van der Waals surface area contributed by atoms with Crippen LogP contribution in [0.25, 0.3) is 11.3 Å². The molecule has 1 aliphatic rings. The molecule has 1 aliphatic heterocycles. The van der Waals surface area contributed by atoms with E-state index < -0.39 is 10.0 Å². The van der Waals surface area contributed by atoms with E-state index in [0.29, 0.717) is 28.9 Å². The topological polar surface area (TPSA) is 84.4 Å². The molecule has 1 saturated heterocycles. The number of hydrogen-bond donors (Lipinski definition) is 1. The molecule has 0 atom stereocenters. The van der Waals surface area contributed by atoms with E-state index in [1.807, 2.05) is 18.2 Å². The normalized spacial score (nSPS) is 14.8. The standard InChI is InChI=1S/C18H17ClN4O3S2/c19-16-5-7-18(27-16)28(24,25)22-14-3-1-2-13(12-14)15-4-6-17(21-20-15)23-8-10-26-11-9-23/h1-7,12,22H,8-11H2. The highest BCUT2D eigenvalue weighted by Gasteiger charge is 2.17. The molecule has 3 heterocycles. The molecule has 0 unspecified atom stereocenters. The van der Waals surface area contributed by atoms with Gasteiger partial charge in [0.05, 0.1) is 23.2 Å². The van der Waals surface area contributed by atoms with Gasteiger partial charge in [0.15, 0.2) is 5.82 Å². The number of aromatic nitrogens is 2. The van der Waals surface area contributed by atoms with Crippen LogP contribution in [0.5, 0.6) is 0 Å². The third kappa shape index (κ3) is 4.27. The van der Waals surface area contributed by atoms with Gasteiger partial charge in [-0.15, -0.1) is 21.5 Å². The molecule has 1 N–H and O–H groups in total. The van der Waals surface area contributed by atoms with Crippen molar-refractivity contribution in [3.63, 3.8) is 0 Å². The number of rotatable bonds is 5. The first-order valence-electron chi connectivity index (χ1n) is 8.56. The second-order valence-electron chi connectivity index (χ2n) is 6.12. The number of nitrogens with zero attached hydrogens (tertiary/aromatic N) is 3. The molecule has 0 bridgehead atoms. The Morgan fingerprint density at radius 3 is 2.57 bits per heavy atom. The van der Waals surface area contributed by atoms with Crippen molar-refractivity contribution in [1.29, 1.82) is 0 Å². The summed E-state index contributed by atoms with van der Waals surface area (Å²) in [5.41, 5.74) is 1.88. The maximum atomic E-state index is 12.5. The Kier molecular flexibility index (Phi) is 5.49. The summed E-state index contributed by atoms with van der Waals surface area (Å²) in [6, 6.07) is 13.9. The fourth-order valence-electron chi connectivity index (χ4n) is 2.83. The number of halogens is 1. The van der Waals surface area contributed by atoms with Gasteiger partial charge >= 0.3 is 0 Å². The van der Waals surface area contributed by atoms with Gasteiger partial charge in [0.25, 0.3) is 10.0 Å². The number of morpholine rings is 1. The number of thiophene rings is 1. The minimum absolute atomic E-state index is 0.164. The van der Waals surface area contributed by atoms with Gasteiger partial charge in [0.1, 0.15) is 4.21 Å². The van der Waals surface area contributed by atoms with Crippen LogP contribution in [-0.4, -0.2) is 44.9 Å². The lowest BCUT2D eigenvalue weighted by molar-refractivity contribution is 0.122. The monoisotopic (exact) mass is 436 g/mol. The first-order valence-corrected chi connectivity index (χ1v) is 11.2. The van der Waals surface area contributed by atoms with Crippen LogP contribution in [0.2, 0.25) is 4.34 Å². The third-order valence-corrected chi connectivity index (χ3v) is 7.31. The van der Waals surface area contributed by atoms with Crippen LogP contribution < -0.4 is 9.62 Å². The molecule has 10 heteroatoms. The second kappa shape index (κ2) is 8.04. The highest BCUT2D eigenvalue weighted by Crippen LogP contribution is 2.28. The molecular formula is C18H17ClN4O3S2. The number of benzene rings is 1. The van der Waals surface area contributed by atoms with Gasteiger partial charge in [-0.25, -0.2) is 8.42 Å². The zero-order valence-electron chi connectivity index (χ0n) is 14.7. The lowest BCUT2D eigenvalue weighted by atomic mass is 10.1. The molecule has 146 valence electrons. The zero-order chi connectivity index (χ0) is 19.6. The Morgan fingerprint density at radius 2 is 1.89 bits per heavy atom. The number of sulfonamides is 1. The second-order valence-corrected chi connectivity index (χ2v) is 9.75. The van der Waals surface area contributed by atoms with E-state index in [9.17, 15) is 8.42 Å². The average Bonchev–Trinajstić information content (AvgIpc) is 3.16. The summed E-state index contributed by atoms with van der Waals surface area (Å²) in [5, 5.41) is 8.60. The summed E-state index contributed by atoms with van der Waals surface area (Å²) in [7, 11) is -3.68. The molecule has 3 aromatic rings. The number of anilines is 2. The Bertz CT molecular complexity index is 1060. The average molecular weight is 437 g/mol. The number of ether oxygens (including phenoxy) is 1. The lowest BCUT2D eigenvalue weighted by Gasteiger charge is -2.27. The van der Waals surface area contributed by atoms with Crippen molar-refractivity contribution in [3.8, 4) is 11.3 Å². The molecule has 4 rings (SSSR count). The summed E-state index contributed by atoms with van der Waals surface area (Å²) in [6.45, 7) is 2.94. The van der Waals surface area contributed by atoms with Gasteiger partial charge in [-0.2, -0.15) is 0 Å². The highest BCUT2D eigenvalue weighted by molar-refractivity contribution is 7.94. The van der Waals surface area contributed by atoms with Gasteiger partial charge in [-0.3, -0.25) is 4.72 Å². The van der Waals surface area contributed by atoms with Crippen molar-refractivity contribution >= 4 is 44.5 Å². The largest absolute Gasteiger partial charge is 0.378 e. The lowest BCUT2D eigenvalue weighted by Crippen LogP contribution is -2.36. The van der Waals surface area contributed by atoms with Gasteiger partial charge in [0, 0.05) is 24.3 Å². The number of nitrogens with one attached hydrogen (secondary N) is 1. The van der Waals surface area contributed by atoms with E-state index in [0.717, 1.165) is 35.8 Å². The summed E-state index contributed by atoms with van der Waals surface area (Å²) in [4.78, 5) is 2.12. The smallest absolute Gasteiger partial charge is 0.271 e. The minimum Gasteiger partial charge on any atom is -0.378 e. The predicted octanol–water partition coefficient (Wildman–Crippen LogP) is 3.50. The van der Waals surface area contributed by atoms with Gasteiger partial charge < -0.3 is 9.64 Å². The van der Waals surface area contributed by atoms with E-state index in [1.165, 1.54) is 6.07 Å². The van der Waals surface area contributed by atoms with Crippen molar-refractivity contribution in [1.82, 2.24) is 10.2 Å². The summed E-state index contributed by atoms with van der Waals surface area (Å²) >= 11 is 6.85. The Balaban J connectivity index is 1.53. The summed E-state index contributed by atoms with van der Waals surface area (Å²) < 4.78 is 33.5. The van der Waals surface area contributed by atoms with Crippen LogP contribution in [0.4, 0.5) is 11.5 Å². The first-order chi connectivity index (χ1) is 13.5. The fraction of sp³-hybridized carbons (Fsp3) is 0.222. The van der Waals surface area contributed by atoms with E-state index in [4.69, 9.17) is 16.3 Å². The molecule has 1 fully saturated rings. The Morgan fingerprint density at radius 1 is 1.07 bits per heavy atom. The van der Waals surface area contributed by atoms with Crippen molar-refractivity contribution in [2.45, 2.75) is 4.21 Å². The van der Waals surface area contributed by atoms with E-state index >= 15 is 0 Å². The molecule has 2 aromatic heterocycles. The van der Waals surface area contributed by atoms with Crippen LogP contribution in [0.3, 0.4) is 0 Å². The molecule has 0 spiro atoms. The van der Waals surface area contributed by atoms with Gasteiger partial charge in [-0.1, -0.05) is 23.7 Å². The van der Waals surface area contributed by atoms with E-state index in [1.54, 1.807) is 24.3 Å².